The van der Waals surface area contributed by atoms with Gasteiger partial charge in [-0.15, -0.1) is 0 Å². The fraction of sp³-hybridized carbons (Fsp3) is 0.346. The Hall–Kier alpha value is -3.30. The van der Waals surface area contributed by atoms with E-state index in [1.807, 2.05) is 0 Å². The van der Waals surface area contributed by atoms with E-state index in [4.69, 9.17) is 4.74 Å². The molecule has 1 amide bonds. The van der Waals surface area contributed by atoms with Crippen LogP contribution in [0.2, 0.25) is 0 Å². The molecule has 0 radical (unpaired) electrons. The van der Waals surface area contributed by atoms with Gasteiger partial charge in [0, 0.05) is 35.1 Å². The second kappa shape index (κ2) is 9.05. The third kappa shape index (κ3) is 4.66. The molecule has 1 saturated carbocycles. The van der Waals surface area contributed by atoms with Gasteiger partial charge in [0.25, 0.3) is 5.91 Å². The van der Waals surface area contributed by atoms with Crippen LogP contribution >= 0.6 is 0 Å². The predicted molar refractivity (Wildman–Crippen MR) is 122 cm³/mol. The molecule has 1 aliphatic heterocycles. The van der Waals surface area contributed by atoms with Gasteiger partial charge in [-0.1, -0.05) is 12.1 Å². The molecule has 2 unspecified atom stereocenters. The van der Waals surface area contributed by atoms with Gasteiger partial charge in [0.2, 0.25) is 0 Å². The molecule has 2 N–H and O–H groups in total. The Labute approximate surface area is 200 Å². The number of hydrogen-bond acceptors (Lipinski definition) is 5. The van der Waals surface area contributed by atoms with Crippen molar-refractivity contribution in [2.75, 3.05) is 6.61 Å². The molecule has 35 heavy (non-hydrogen) atoms. The first-order chi connectivity index (χ1) is 16.7. The number of nitrogens with one attached hydrogen (secondary N) is 1. The largest absolute Gasteiger partial charge is 0.388 e. The molecule has 6 nitrogen and oxygen atoms in total. The van der Waals surface area contributed by atoms with Crippen LogP contribution in [0.25, 0.3) is 22.4 Å². The van der Waals surface area contributed by atoms with Crippen molar-refractivity contribution in [2.45, 2.75) is 50.4 Å². The lowest BCUT2D eigenvalue weighted by Gasteiger charge is -2.35. The van der Waals surface area contributed by atoms with E-state index in [1.54, 1.807) is 19.1 Å². The summed E-state index contributed by atoms with van der Waals surface area (Å²) in [7, 11) is 0. The molecule has 2 aromatic heterocycles. The van der Waals surface area contributed by atoms with Crippen molar-refractivity contribution in [1.82, 2.24) is 15.3 Å². The van der Waals surface area contributed by atoms with E-state index >= 15 is 4.39 Å². The number of halogens is 3. The average molecular weight is 483 g/mol. The van der Waals surface area contributed by atoms with Crippen molar-refractivity contribution < 1.29 is 27.8 Å². The van der Waals surface area contributed by atoms with Gasteiger partial charge in [0.05, 0.1) is 23.9 Å². The Kier molecular flexibility index (Phi) is 6.06. The molecule has 1 saturated heterocycles. The summed E-state index contributed by atoms with van der Waals surface area (Å²) in [4.78, 5) is 21.6. The van der Waals surface area contributed by atoms with E-state index in [-0.39, 0.29) is 35.9 Å². The lowest BCUT2D eigenvalue weighted by Crippen LogP contribution is -2.37. The minimum atomic E-state index is -1.10. The van der Waals surface area contributed by atoms with Crippen molar-refractivity contribution in [3.8, 4) is 22.4 Å². The lowest BCUT2D eigenvalue weighted by atomic mass is 9.87. The summed E-state index contributed by atoms with van der Waals surface area (Å²) < 4.78 is 51.6. The minimum absolute atomic E-state index is 0.0331. The van der Waals surface area contributed by atoms with Gasteiger partial charge in [-0.3, -0.25) is 9.78 Å². The Morgan fingerprint density at radius 2 is 1.86 bits per heavy atom. The molecule has 1 aromatic carbocycles. The summed E-state index contributed by atoms with van der Waals surface area (Å²) in [6.07, 6.45) is 4.26. The summed E-state index contributed by atoms with van der Waals surface area (Å²) in [6, 6.07) is 6.44. The maximum atomic E-state index is 16.3. The molecule has 2 fully saturated rings. The van der Waals surface area contributed by atoms with Crippen LogP contribution in [0.1, 0.15) is 54.8 Å². The maximum Gasteiger partial charge on any atom is 0.270 e. The van der Waals surface area contributed by atoms with Crippen LogP contribution in [0, 0.1) is 17.5 Å². The van der Waals surface area contributed by atoms with Gasteiger partial charge in [0.15, 0.2) is 5.82 Å². The summed E-state index contributed by atoms with van der Waals surface area (Å²) >= 11 is 0. The van der Waals surface area contributed by atoms with Gasteiger partial charge in [-0.05, 0) is 50.8 Å². The van der Waals surface area contributed by atoms with Crippen molar-refractivity contribution >= 4 is 5.91 Å². The highest BCUT2D eigenvalue weighted by Crippen LogP contribution is 2.43. The molecule has 0 spiro atoms. The van der Waals surface area contributed by atoms with Crippen LogP contribution in [-0.2, 0) is 4.74 Å². The zero-order chi connectivity index (χ0) is 24.7. The molecule has 0 bridgehead atoms. The van der Waals surface area contributed by atoms with Crippen LogP contribution in [0.4, 0.5) is 13.2 Å². The average Bonchev–Trinajstić information content (AvgIpc) is 3.64. The highest BCUT2D eigenvalue weighted by molar-refractivity contribution is 6.01. The van der Waals surface area contributed by atoms with Gasteiger partial charge < -0.3 is 15.2 Å². The van der Waals surface area contributed by atoms with Gasteiger partial charge in [0.1, 0.15) is 23.0 Å². The Morgan fingerprint density at radius 3 is 2.46 bits per heavy atom. The molecule has 2 atom stereocenters. The lowest BCUT2D eigenvalue weighted by molar-refractivity contribution is -0.111. The van der Waals surface area contributed by atoms with Crippen LogP contribution in [0.3, 0.4) is 0 Å². The maximum absolute atomic E-state index is 16.3. The Bertz CT molecular complexity index is 1250. The van der Waals surface area contributed by atoms with Crippen molar-refractivity contribution in [2.24, 2.45) is 0 Å². The second-order valence-electron chi connectivity index (χ2n) is 9.33. The highest BCUT2D eigenvalue weighted by atomic mass is 19.1. The first kappa shape index (κ1) is 23.4. The van der Waals surface area contributed by atoms with E-state index in [0.29, 0.717) is 12.0 Å². The fourth-order valence-electron chi connectivity index (χ4n) is 4.33. The van der Waals surface area contributed by atoms with E-state index in [2.05, 4.69) is 15.3 Å². The summed E-state index contributed by atoms with van der Waals surface area (Å²) in [5.41, 5.74) is -2.00. The normalized spacial score (nSPS) is 22.1. The third-order valence-electron chi connectivity index (χ3n) is 6.31. The topological polar surface area (TPSA) is 84.3 Å². The van der Waals surface area contributed by atoms with E-state index in [9.17, 15) is 18.7 Å². The zero-order valence-corrected chi connectivity index (χ0v) is 19.0. The number of benzene rings is 1. The molecule has 5 rings (SSSR count). The van der Waals surface area contributed by atoms with Crippen LogP contribution in [0.5, 0.6) is 0 Å². The number of ether oxygens (including phenoxy) is 1. The quantitative estimate of drug-likeness (QED) is 0.549. The SMILES string of the molecule is CC1(O)CCC(c2c(F)c(-c3c(F)cccc3F)nc(C(=O)NC3CC3)c2-c2cccnc2)OC1. The number of carbonyl (C=O) groups excluding carboxylic acids is 1. The van der Waals surface area contributed by atoms with Crippen molar-refractivity contribution in [1.29, 1.82) is 0 Å². The Morgan fingerprint density at radius 1 is 1.11 bits per heavy atom. The fourth-order valence-corrected chi connectivity index (χ4v) is 4.33. The van der Waals surface area contributed by atoms with Crippen LogP contribution < -0.4 is 5.32 Å². The minimum Gasteiger partial charge on any atom is -0.388 e. The third-order valence-corrected chi connectivity index (χ3v) is 6.31. The molecule has 182 valence electrons. The smallest absolute Gasteiger partial charge is 0.270 e. The van der Waals surface area contributed by atoms with Crippen molar-refractivity contribution in [3.05, 3.63) is 71.4 Å². The summed E-state index contributed by atoms with van der Waals surface area (Å²) in [5.74, 6) is -3.56. The summed E-state index contributed by atoms with van der Waals surface area (Å²) in [6.45, 7) is 1.54. The van der Waals surface area contributed by atoms with Crippen LogP contribution in [0.15, 0.2) is 42.7 Å². The predicted octanol–water partition coefficient (Wildman–Crippen LogP) is 4.72. The molecule has 3 heterocycles. The number of amides is 1. The first-order valence-corrected chi connectivity index (χ1v) is 11.5. The molecular weight excluding hydrogens is 459 g/mol. The van der Waals surface area contributed by atoms with E-state index < -0.39 is 46.3 Å². The van der Waals surface area contributed by atoms with Gasteiger partial charge in [-0.25, -0.2) is 18.2 Å². The Balaban J connectivity index is 1.78. The zero-order valence-electron chi connectivity index (χ0n) is 19.0. The number of carbonyl (C=O) groups is 1. The molecular formula is C26H24F3N3O3. The summed E-state index contributed by atoms with van der Waals surface area (Å²) in [5, 5.41) is 13.2. The van der Waals surface area contributed by atoms with Gasteiger partial charge in [-0.2, -0.15) is 0 Å². The number of aromatic nitrogens is 2. The molecule has 9 heteroatoms. The van der Waals surface area contributed by atoms with E-state index in [0.717, 1.165) is 25.0 Å². The van der Waals surface area contributed by atoms with Crippen LogP contribution in [-0.4, -0.2) is 39.2 Å². The molecule has 2 aliphatic rings. The van der Waals surface area contributed by atoms with Crippen molar-refractivity contribution in [3.63, 3.8) is 0 Å². The van der Waals surface area contributed by atoms with E-state index in [1.165, 1.54) is 18.5 Å². The number of pyridine rings is 2. The number of rotatable bonds is 5. The number of hydrogen-bond donors (Lipinski definition) is 2. The molecule has 1 aliphatic carbocycles. The first-order valence-electron chi connectivity index (χ1n) is 11.5. The van der Waals surface area contributed by atoms with Gasteiger partial charge >= 0.3 is 0 Å². The number of aliphatic hydroxyl groups is 1. The standard InChI is InChI=1S/C26H24F3N3O3/c1-26(34)10-9-18(35-13-26)21-19(14-4-3-11-30-12-14)24(25(33)31-15-7-8-15)32-23(22(21)29)20-16(27)5-2-6-17(20)28/h2-6,11-12,15,18,34H,7-10,13H2,1H3,(H,31,33). The second-order valence-corrected chi connectivity index (χ2v) is 9.33. The molecule has 3 aromatic rings. The highest BCUT2D eigenvalue weighted by Gasteiger charge is 2.37. The monoisotopic (exact) mass is 483 g/mol. The number of nitrogens with zero attached hydrogens (tertiary/aromatic N) is 2.